The molecule has 21 heavy (non-hydrogen) atoms. The zero-order valence-corrected chi connectivity index (χ0v) is 13.9. The summed E-state index contributed by atoms with van der Waals surface area (Å²) in [6.45, 7) is 5.28. The summed E-state index contributed by atoms with van der Waals surface area (Å²) in [6.07, 6.45) is 8.88. The number of likely N-dealkylation sites (tertiary alicyclic amines) is 2. The van der Waals surface area contributed by atoms with Crippen molar-refractivity contribution < 1.29 is 4.79 Å². The normalized spacial score (nSPS) is 31.3. The maximum atomic E-state index is 12.3. The monoisotopic (exact) mass is 311 g/mol. The van der Waals surface area contributed by atoms with E-state index in [-0.39, 0.29) is 6.03 Å². The topological polar surface area (TPSA) is 35.6 Å². The van der Waals surface area contributed by atoms with E-state index in [0.29, 0.717) is 5.25 Å². The van der Waals surface area contributed by atoms with Crippen molar-refractivity contribution >= 4 is 17.8 Å². The Labute approximate surface area is 133 Å². The van der Waals surface area contributed by atoms with E-state index in [1.807, 2.05) is 11.8 Å². The number of nitrogens with zero attached hydrogens (tertiary/aromatic N) is 2. The number of amides is 2. The predicted octanol–water partition coefficient (Wildman–Crippen LogP) is 2.54. The van der Waals surface area contributed by atoms with Gasteiger partial charge in [0.05, 0.1) is 0 Å². The Morgan fingerprint density at radius 1 is 1.00 bits per heavy atom. The molecule has 3 rings (SSSR count). The van der Waals surface area contributed by atoms with Crippen LogP contribution in [0.25, 0.3) is 0 Å². The molecule has 3 saturated heterocycles. The van der Waals surface area contributed by atoms with Crippen LogP contribution < -0.4 is 5.32 Å². The van der Waals surface area contributed by atoms with Crippen molar-refractivity contribution in [2.45, 2.75) is 56.2 Å². The van der Waals surface area contributed by atoms with E-state index in [1.165, 1.54) is 50.9 Å². The number of urea groups is 1. The van der Waals surface area contributed by atoms with Gasteiger partial charge in [-0.25, -0.2) is 4.79 Å². The van der Waals surface area contributed by atoms with E-state index < -0.39 is 0 Å². The molecule has 3 aliphatic rings. The lowest BCUT2D eigenvalue weighted by molar-refractivity contribution is 0.194. The van der Waals surface area contributed by atoms with Gasteiger partial charge in [0.15, 0.2) is 0 Å². The zero-order chi connectivity index (χ0) is 14.5. The Morgan fingerprint density at radius 3 is 2.62 bits per heavy atom. The summed E-state index contributed by atoms with van der Waals surface area (Å²) in [5, 5.41) is 3.81. The van der Waals surface area contributed by atoms with Crippen molar-refractivity contribution in [2.75, 3.05) is 38.5 Å². The molecule has 0 bridgehead atoms. The van der Waals surface area contributed by atoms with E-state index in [9.17, 15) is 4.79 Å². The van der Waals surface area contributed by atoms with Gasteiger partial charge in [-0.3, -0.25) is 0 Å². The summed E-state index contributed by atoms with van der Waals surface area (Å²) in [4.78, 5) is 17.0. The molecule has 120 valence electrons. The molecule has 1 N–H and O–H groups in total. The Bertz CT molecular complexity index is 340. The molecule has 0 aromatic carbocycles. The van der Waals surface area contributed by atoms with Crippen molar-refractivity contribution in [1.29, 1.82) is 0 Å². The molecule has 2 atom stereocenters. The van der Waals surface area contributed by atoms with E-state index in [1.54, 1.807) is 0 Å². The van der Waals surface area contributed by atoms with Crippen LogP contribution in [0, 0.1) is 0 Å². The standard InChI is InChI=1S/C16H29N3OS/c20-16(17-13-15-6-4-12-21-15)19-10-3-5-14(7-11-19)18-8-1-2-9-18/h14-15H,1-13H2,(H,17,20)/t14-,15-/m0/s1. The molecule has 4 nitrogen and oxygen atoms in total. The van der Waals surface area contributed by atoms with Gasteiger partial charge in [0.25, 0.3) is 0 Å². The quantitative estimate of drug-likeness (QED) is 0.870. The summed E-state index contributed by atoms with van der Waals surface area (Å²) in [7, 11) is 0. The van der Waals surface area contributed by atoms with Gasteiger partial charge >= 0.3 is 6.03 Å². The van der Waals surface area contributed by atoms with E-state index >= 15 is 0 Å². The van der Waals surface area contributed by atoms with Crippen molar-refractivity contribution in [1.82, 2.24) is 15.1 Å². The maximum absolute atomic E-state index is 12.3. The third kappa shape index (κ3) is 4.28. The number of thioether (sulfide) groups is 1. The molecule has 0 aliphatic carbocycles. The highest BCUT2D eigenvalue weighted by molar-refractivity contribution is 8.00. The molecule has 3 aliphatic heterocycles. The summed E-state index contributed by atoms with van der Waals surface area (Å²) in [6, 6.07) is 0.889. The molecule has 3 fully saturated rings. The Balaban J connectivity index is 1.41. The third-order valence-electron chi connectivity index (χ3n) is 5.15. The number of hydrogen-bond acceptors (Lipinski definition) is 3. The van der Waals surface area contributed by atoms with E-state index in [0.717, 1.165) is 38.5 Å². The highest BCUT2D eigenvalue weighted by atomic mass is 32.2. The SMILES string of the molecule is O=C(NC[C@@H]1CCCS1)N1CCC[C@H](N2CCCC2)CC1. The second-order valence-electron chi connectivity index (χ2n) is 6.64. The Morgan fingerprint density at radius 2 is 1.86 bits per heavy atom. The van der Waals surface area contributed by atoms with E-state index in [2.05, 4.69) is 15.1 Å². The van der Waals surface area contributed by atoms with E-state index in [4.69, 9.17) is 0 Å². The molecule has 0 spiro atoms. The molecule has 2 amide bonds. The molecule has 0 radical (unpaired) electrons. The Hall–Kier alpha value is -0.420. The van der Waals surface area contributed by atoms with Crippen LogP contribution in [0.3, 0.4) is 0 Å². The van der Waals surface area contributed by atoms with Gasteiger partial charge in [0.2, 0.25) is 0 Å². The fourth-order valence-corrected chi connectivity index (χ4v) is 5.07. The van der Waals surface area contributed by atoms with Gasteiger partial charge < -0.3 is 15.1 Å². The van der Waals surface area contributed by atoms with Crippen molar-refractivity contribution in [2.24, 2.45) is 0 Å². The Kier molecular flexibility index (Phi) is 5.69. The summed E-state index contributed by atoms with van der Waals surface area (Å²) in [5.74, 6) is 1.27. The molecule has 0 unspecified atom stereocenters. The molecule has 0 aromatic rings. The summed E-state index contributed by atoms with van der Waals surface area (Å²) < 4.78 is 0. The van der Waals surface area contributed by atoms with Gasteiger partial charge in [0.1, 0.15) is 0 Å². The predicted molar refractivity (Wildman–Crippen MR) is 88.9 cm³/mol. The molecule has 3 heterocycles. The number of rotatable bonds is 3. The largest absolute Gasteiger partial charge is 0.337 e. The van der Waals surface area contributed by atoms with Crippen LogP contribution in [0.5, 0.6) is 0 Å². The van der Waals surface area contributed by atoms with Gasteiger partial charge in [-0.15, -0.1) is 0 Å². The lowest BCUT2D eigenvalue weighted by atomic mass is 10.1. The van der Waals surface area contributed by atoms with Crippen LogP contribution in [-0.4, -0.2) is 65.6 Å². The van der Waals surface area contributed by atoms with Gasteiger partial charge in [0, 0.05) is 30.9 Å². The first-order chi connectivity index (χ1) is 10.3. The van der Waals surface area contributed by atoms with Crippen LogP contribution >= 0.6 is 11.8 Å². The molecule has 0 saturated carbocycles. The summed E-state index contributed by atoms with van der Waals surface area (Å²) >= 11 is 2.01. The highest BCUT2D eigenvalue weighted by Gasteiger charge is 2.26. The minimum Gasteiger partial charge on any atom is -0.337 e. The van der Waals surface area contributed by atoms with Gasteiger partial charge in [-0.2, -0.15) is 11.8 Å². The van der Waals surface area contributed by atoms with Crippen LogP contribution in [0.15, 0.2) is 0 Å². The molecule has 0 aromatic heterocycles. The maximum Gasteiger partial charge on any atom is 0.317 e. The highest BCUT2D eigenvalue weighted by Crippen LogP contribution is 2.25. The van der Waals surface area contributed by atoms with Crippen LogP contribution in [0.2, 0.25) is 0 Å². The number of hydrogen-bond donors (Lipinski definition) is 1. The average molecular weight is 311 g/mol. The van der Waals surface area contributed by atoms with Crippen LogP contribution in [-0.2, 0) is 0 Å². The minimum atomic E-state index is 0.171. The van der Waals surface area contributed by atoms with Crippen LogP contribution in [0.4, 0.5) is 4.79 Å². The second kappa shape index (κ2) is 7.73. The van der Waals surface area contributed by atoms with Gasteiger partial charge in [-0.05, 0) is 63.8 Å². The zero-order valence-electron chi connectivity index (χ0n) is 13.1. The third-order valence-corrected chi connectivity index (χ3v) is 6.54. The minimum absolute atomic E-state index is 0.171. The average Bonchev–Trinajstić information content (AvgIpc) is 3.15. The number of carbonyl (C=O) groups excluding carboxylic acids is 1. The van der Waals surface area contributed by atoms with Crippen LogP contribution in [0.1, 0.15) is 44.9 Å². The van der Waals surface area contributed by atoms with Crippen molar-refractivity contribution in [3.8, 4) is 0 Å². The molecular weight excluding hydrogens is 282 g/mol. The molecular formula is C16H29N3OS. The number of carbonyl (C=O) groups is 1. The fourth-order valence-electron chi connectivity index (χ4n) is 3.87. The lowest BCUT2D eigenvalue weighted by Gasteiger charge is -2.26. The summed E-state index contributed by atoms with van der Waals surface area (Å²) in [5.41, 5.74) is 0. The van der Waals surface area contributed by atoms with Crippen molar-refractivity contribution in [3.63, 3.8) is 0 Å². The lowest BCUT2D eigenvalue weighted by Crippen LogP contribution is -2.43. The second-order valence-corrected chi connectivity index (χ2v) is 8.04. The number of nitrogens with one attached hydrogen (secondary N) is 1. The first-order valence-corrected chi connectivity index (χ1v) is 9.76. The molecule has 5 heteroatoms. The fraction of sp³-hybridized carbons (Fsp3) is 0.938. The first-order valence-electron chi connectivity index (χ1n) is 8.71. The van der Waals surface area contributed by atoms with Crippen molar-refractivity contribution in [3.05, 3.63) is 0 Å². The van der Waals surface area contributed by atoms with Gasteiger partial charge in [-0.1, -0.05) is 0 Å². The first kappa shape index (κ1) is 15.5. The smallest absolute Gasteiger partial charge is 0.317 e.